The van der Waals surface area contributed by atoms with Crippen molar-refractivity contribution in [1.82, 2.24) is 4.90 Å². The number of rotatable bonds is 6. The first-order chi connectivity index (χ1) is 8.43. The minimum atomic E-state index is -0.807. The fourth-order valence-electron chi connectivity index (χ4n) is 2.43. The third kappa shape index (κ3) is 3.24. The molecule has 1 unspecified atom stereocenters. The van der Waals surface area contributed by atoms with Crippen molar-refractivity contribution < 1.29 is 9.84 Å². The lowest BCUT2D eigenvalue weighted by Gasteiger charge is -2.35. The molecule has 0 aromatic heterocycles. The summed E-state index contributed by atoms with van der Waals surface area (Å²) in [4.78, 5) is 2.10. The van der Waals surface area contributed by atoms with E-state index >= 15 is 0 Å². The molecule has 0 bridgehead atoms. The van der Waals surface area contributed by atoms with E-state index in [-0.39, 0.29) is 5.92 Å². The Labute approximate surface area is 110 Å². The number of hydrogen-bond donors (Lipinski definition) is 1. The molecule has 0 spiro atoms. The van der Waals surface area contributed by atoms with Crippen LogP contribution in [0.5, 0.6) is 5.75 Å². The Bertz CT molecular complexity index is 379. The molecular weight excluding hydrogens is 226 g/mol. The number of benzene rings is 1. The first-order valence-corrected chi connectivity index (χ1v) is 6.45. The van der Waals surface area contributed by atoms with Gasteiger partial charge < -0.3 is 14.7 Å². The molecule has 1 rings (SSSR count). The second-order valence-corrected chi connectivity index (χ2v) is 5.17. The van der Waals surface area contributed by atoms with Gasteiger partial charge in [0.05, 0.1) is 12.7 Å². The number of nitrogens with zero attached hydrogens (tertiary/aromatic N) is 1. The Morgan fingerprint density at radius 2 is 2.06 bits per heavy atom. The Morgan fingerprint density at radius 3 is 2.56 bits per heavy atom. The molecule has 1 aromatic carbocycles. The summed E-state index contributed by atoms with van der Waals surface area (Å²) in [6, 6.07) is 7.72. The second kappa shape index (κ2) is 6.21. The predicted octanol–water partition coefficient (Wildman–Crippen LogP) is 2.49. The highest BCUT2D eigenvalue weighted by Gasteiger charge is 2.34. The lowest BCUT2D eigenvalue weighted by molar-refractivity contribution is -0.0293. The summed E-state index contributed by atoms with van der Waals surface area (Å²) in [6.07, 6.45) is 0.690. The van der Waals surface area contributed by atoms with Crippen molar-refractivity contribution in [3.05, 3.63) is 29.8 Å². The maximum absolute atomic E-state index is 10.9. The molecule has 102 valence electrons. The highest BCUT2D eigenvalue weighted by molar-refractivity contribution is 5.32. The third-order valence-electron chi connectivity index (χ3n) is 3.56. The first-order valence-electron chi connectivity index (χ1n) is 6.45. The van der Waals surface area contributed by atoms with Gasteiger partial charge in [0, 0.05) is 12.5 Å². The van der Waals surface area contributed by atoms with E-state index in [9.17, 15) is 5.11 Å². The van der Waals surface area contributed by atoms with Gasteiger partial charge in [0.1, 0.15) is 5.75 Å². The molecular formula is C15H25NO2. The summed E-state index contributed by atoms with van der Waals surface area (Å²) in [5, 5.41) is 10.9. The van der Waals surface area contributed by atoms with Crippen LogP contribution in [0.15, 0.2) is 24.3 Å². The van der Waals surface area contributed by atoms with E-state index < -0.39 is 5.60 Å². The predicted molar refractivity (Wildman–Crippen MR) is 74.9 cm³/mol. The van der Waals surface area contributed by atoms with E-state index in [4.69, 9.17) is 4.74 Å². The van der Waals surface area contributed by atoms with Crippen LogP contribution in [0, 0.1) is 5.92 Å². The van der Waals surface area contributed by atoms with Crippen molar-refractivity contribution >= 4 is 0 Å². The smallest absolute Gasteiger partial charge is 0.119 e. The van der Waals surface area contributed by atoms with Crippen LogP contribution in [0.2, 0.25) is 0 Å². The van der Waals surface area contributed by atoms with Crippen molar-refractivity contribution in [3.63, 3.8) is 0 Å². The summed E-state index contributed by atoms with van der Waals surface area (Å²) in [7, 11) is 5.70. The summed E-state index contributed by atoms with van der Waals surface area (Å²) in [6.45, 7) is 4.95. The maximum atomic E-state index is 10.9. The summed E-state index contributed by atoms with van der Waals surface area (Å²) >= 11 is 0. The van der Waals surface area contributed by atoms with E-state index in [1.165, 1.54) is 0 Å². The van der Waals surface area contributed by atoms with Gasteiger partial charge in [-0.05, 0) is 38.2 Å². The first kappa shape index (κ1) is 15.0. The van der Waals surface area contributed by atoms with Crippen LogP contribution in [-0.2, 0) is 5.60 Å². The van der Waals surface area contributed by atoms with Crippen LogP contribution in [0.25, 0.3) is 0 Å². The molecule has 0 aliphatic carbocycles. The average molecular weight is 251 g/mol. The standard InChI is InChI=1S/C15H25NO2/c1-6-15(17,12(2)11-16(3)4)13-8-7-9-14(10-13)18-5/h7-10,12,17H,6,11H2,1-5H3/t12?,15-/m1/s1. The summed E-state index contributed by atoms with van der Waals surface area (Å²) in [5.41, 5.74) is 0.123. The molecule has 0 fully saturated rings. The van der Waals surface area contributed by atoms with Crippen molar-refractivity contribution in [2.45, 2.75) is 25.9 Å². The fraction of sp³-hybridized carbons (Fsp3) is 0.600. The van der Waals surface area contributed by atoms with Crippen LogP contribution in [0.3, 0.4) is 0 Å². The van der Waals surface area contributed by atoms with Crippen LogP contribution < -0.4 is 4.74 Å². The molecule has 3 heteroatoms. The highest BCUT2D eigenvalue weighted by atomic mass is 16.5. The quantitative estimate of drug-likeness (QED) is 0.843. The molecule has 18 heavy (non-hydrogen) atoms. The van der Waals surface area contributed by atoms with Crippen LogP contribution in [0.1, 0.15) is 25.8 Å². The number of aliphatic hydroxyl groups is 1. The van der Waals surface area contributed by atoms with Crippen LogP contribution in [0.4, 0.5) is 0 Å². The molecule has 2 atom stereocenters. The molecule has 3 nitrogen and oxygen atoms in total. The Morgan fingerprint density at radius 1 is 1.39 bits per heavy atom. The zero-order valence-electron chi connectivity index (χ0n) is 12.1. The van der Waals surface area contributed by atoms with E-state index in [1.807, 2.05) is 45.3 Å². The van der Waals surface area contributed by atoms with E-state index in [2.05, 4.69) is 11.8 Å². The maximum Gasteiger partial charge on any atom is 0.119 e. The van der Waals surface area contributed by atoms with E-state index in [0.717, 1.165) is 17.9 Å². The molecule has 0 heterocycles. The lowest BCUT2D eigenvalue weighted by atomic mass is 9.80. The Balaban J connectivity index is 3.05. The van der Waals surface area contributed by atoms with Crippen molar-refractivity contribution in [3.8, 4) is 5.75 Å². The summed E-state index contributed by atoms with van der Waals surface area (Å²) < 4.78 is 5.23. The monoisotopic (exact) mass is 251 g/mol. The summed E-state index contributed by atoms with van der Waals surface area (Å²) in [5.74, 6) is 0.945. The highest BCUT2D eigenvalue weighted by Crippen LogP contribution is 2.34. The minimum Gasteiger partial charge on any atom is -0.497 e. The van der Waals surface area contributed by atoms with Crippen molar-refractivity contribution in [1.29, 1.82) is 0 Å². The lowest BCUT2D eigenvalue weighted by Crippen LogP contribution is -2.38. The SMILES string of the molecule is CC[C@](O)(c1cccc(OC)c1)C(C)CN(C)C. The molecule has 0 saturated heterocycles. The largest absolute Gasteiger partial charge is 0.497 e. The Hall–Kier alpha value is -1.06. The number of hydrogen-bond acceptors (Lipinski definition) is 3. The van der Waals surface area contributed by atoms with Gasteiger partial charge in [-0.25, -0.2) is 0 Å². The molecule has 0 aliphatic heterocycles. The molecule has 1 N–H and O–H groups in total. The van der Waals surface area contributed by atoms with Crippen molar-refractivity contribution in [2.24, 2.45) is 5.92 Å². The van der Waals surface area contributed by atoms with Gasteiger partial charge in [-0.3, -0.25) is 0 Å². The number of ether oxygens (including phenoxy) is 1. The molecule has 0 radical (unpaired) electrons. The van der Waals surface area contributed by atoms with Gasteiger partial charge in [0.2, 0.25) is 0 Å². The van der Waals surface area contributed by atoms with Gasteiger partial charge >= 0.3 is 0 Å². The molecule has 0 aliphatic rings. The van der Waals surface area contributed by atoms with E-state index in [0.29, 0.717) is 6.42 Å². The zero-order valence-corrected chi connectivity index (χ0v) is 12.1. The van der Waals surface area contributed by atoms with E-state index in [1.54, 1.807) is 7.11 Å². The topological polar surface area (TPSA) is 32.7 Å². The third-order valence-corrected chi connectivity index (χ3v) is 3.56. The van der Waals surface area contributed by atoms with Gasteiger partial charge in [0.25, 0.3) is 0 Å². The normalized spacial score (nSPS) is 16.4. The van der Waals surface area contributed by atoms with Gasteiger partial charge in [-0.15, -0.1) is 0 Å². The zero-order chi connectivity index (χ0) is 13.8. The Kier molecular flexibility index (Phi) is 5.17. The molecule has 0 saturated carbocycles. The number of methoxy groups -OCH3 is 1. The molecule has 0 amide bonds. The van der Waals surface area contributed by atoms with Gasteiger partial charge in [0.15, 0.2) is 0 Å². The fourth-order valence-corrected chi connectivity index (χ4v) is 2.43. The second-order valence-electron chi connectivity index (χ2n) is 5.17. The van der Waals surface area contributed by atoms with Gasteiger partial charge in [-0.1, -0.05) is 26.0 Å². The van der Waals surface area contributed by atoms with Gasteiger partial charge in [-0.2, -0.15) is 0 Å². The van der Waals surface area contributed by atoms with Crippen LogP contribution in [-0.4, -0.2) is 37.8 Å². The molecule has 1 aromatic rings. The average Bonchev–Trinajstić information content (AvgIpc) is 2.37. The van der Waals surface area contributed by atoms with Crippen LogP contribution >= 0.6 is 0 Å². The minimum absolute atomic E-state index is 0.157. The van der Waals surface area contributed by atoms with Crippen molar-refractivity contribution in [2.75, 3.05) is 27.7 Å².